The van der Waals surface area contributed by atoms with Crippen molar-refractivity contribution in [2.45, 2.75) is 58.0 Å². The van der Waals surface area contributed by atoms with Crippen LogP contribution in [0.4, 0.5) is 0 Å². The fourth-order valence-corrected chi connectivity index (χ4v) is 4.82. The highest BCUT2D eigenvalue weighted by molar-refractivity contribution is 5.75. The highest BCUT2D eigenvalue weighted by atomic mass is 16.5. The predicted octanol–water partition coefficient (Wildman–Crippen LogP) is 2.35. The lowest BCUT2D eigenvalue weighted by atomic mass is 9.54. The van der Waals surface area contributed by atoms with E-state index in [-0.39, 0.29) is 12.0 Å². The van der Waals surface area contributed by atoms with E-state index in [1.807, 2.05) is 13.8 Å². The van der Waals surface area contributed by atoms with Crippen molar-refractivity contribution in [3.63, 3.8) is 0 Å². The first kappa shape index (κ1) is 12.5. The molecule has 0 aromatic rings. The molecule has 0 saturated heterocycles. The fourth-order valence-electron chi connectivity index (χ4n) is 4.82. The van der Waals surface area contributed by atoms with Crippen LogP contribution < -0.4 is 5.32 Å². The number of carbonyl (C=O) groups is 1. The van der Waals surface area contributed by atoms with Crippen molar-refractivity contribution in [3.05, 3.63) is 0 Å². The molecule has 3 nitrogen and oxygen atoms in total. The molecule has 18 heavy (non-hydrogen) atoms. The zero-order chi connectivity index (χ0) is 12.7. The van der Waals surface area contributed by atoms with Crippen molar-refractivity contribution in [2.75, 3.05) is 6.61 Å². The van der Waals surface area contributed by atoms with Crippen LogP contribution in [-0.4, -0.2) is 24.7 Å². The van der Waals surface area contributed by atoms with Crippen molar-refractivity contribution < 1.29 is 9.53 Å². The van der Waals surface area contributed by atoms with Crippen LogP contribution in [0.2, 0.25) is 0 Å². The highest BCUT2D eigenvalue weighted by Gasteiger charge is 2.48. The molecule has 1 atom stereocenters. The normalized spacial score (nSPS) is 42.9. The van der Waals surface area contributed by atoms with Gasteiger partial charge in [-0.1, -0.05) is 0 Å². The fraction of sp³-hybridized carbons (Fsp3) is 0.933. The standard InChI is InChI=1S/C15H25NO2/c1-3-18-15(17)9(2)16-14-12-5-10-4-11(7-12)8-13(14)6-10/h9-14,16H,3-8H2,1-2H3. The number of nitrogens with one attached hydrogen (secondary N) is 1. The molecule has 4 saturated carbocycles. The van der Waals surface area contributed by atoms with Crippen LogP contribution >= 0.6 is 0 Å². The lowest BCUT2D eigenvalue weighted by Crippen LogP contribution is -2.57. The van der Waals surface area contributed by atoms with E-state index in [0.29, 0.717) is 12.6 Å². The smallest absolute Gasteiger partial charge is 0.322 e. The van der Waals surface area contributed by atoms with Gasteiger partial charge in [0.2, 0.25) is 0 Å². The van der Waals surface area contributed by atoms with E-state index in [1.54, 1.807) is 0 Å². The molecular weight excluding hydrogens is 226 g/mol. The third-order valence-electron chi connectivity index (χ3n) is 5.31. The maximum atomic E-state index is 11.7. The summed E-state index contributed by atoms with van der Waals surface area (Å²) < 4.78 is 5.10. The van der Waals surface area contributed by atoms with Crippen molar-refractivity contribution >= 4 is 5.97 Å². The summed E-state index contributed by atoms with van der Waals surface area (Å²) in [7, 11) is 0. The van der Waals surface area contributed by atoms with Gasteiger partial charge in [-0.05, 0) is 69.6 Å². The second-order valence-corrected chi connectivity index (χ2v) is 6.60. The Kier molecular flexibility index (Phi) is 3.35. The van der Waals surface area contributed by atoms with Crippen LogP contribution in [0, 0.1) is 23.7 Å². The molecule has 0 heterocycles. The molecule has 4 bridgehead atoms. The number of hydrogen-bond donors (Lipinski definition) is 1. The summed E-state index contributed by atoms with van der Waals surface area (Å²) in [5.41, 5.74) is 0. The number of ether oxygens (including phenoxy) is 1. The summed E-state index contributed by atoms with van der Waals surface area (Å²) in [6.45, 7) is 4.29. The molecule has 3 heteroatoms. The largest absolute Gasteiger partial charge is 0.465 e. The first-order valence-electron chi connectivity index (χ1n) is 7.60. The van der Waals surface area contributed by atoms with Gasteiger partial charge in [0.25, 0.3) is 0 Å². The summed E-state index contributed by atoms with van der Waals surface area (Å²) in [4.78, 5) is 11.7. The number of esters is 1. The third-order valence-corrected chi connectivity index (χ3v) is 5.31. The molecule has 0 spiro atoms. The number of carbonyl (C=O) groups excluding carboxylic acids is 1. The first-order valence-corrected chi connectivity index (χ1v) is 7.60. The van der Waals surface area contributed by atoms with Crippen LogP contribution in [0.25, 0.3) is 0 Å². The number of hydrogen-bond acceptors (Lipinski definition) is 3. The van der Waals surface area contributed by atoms with E-state index in [0.717, 1.165) is 23.7 Å². The molecule has 0 aromatic heterocycles. The van der Waals surface area contributed by atoms with Gasteiger partial charge in [0, 0.05) is 6.04 Å². The van der Waals surface area contributed by atoms with Crippen molar-refractivity contribution in [1.82, 2.24) is 5.32 Å². The van der Waals surface area contributed by atoms with E-state index >= 15 is 0 Å². The van der Waals surface area contributed by atoms with E-state index in [1.165, 1.54) is 32.1 Å². The molecule has 0 radical (unpaired) electrons. The van der Waals surface area contributed by atoms with Gasteiger partial charge in [-0.3, -0.25) is 4.79 Å². The summed E-state index contributed by atoms with van der Waals surface area (Å²) in [6.07, 6.45) is 7.04. The average Bonchev–Trinajstić information content (AvgIpc) is 2.33. The van der Waals surface area contributed by atoms with Crippen LogP contribution in [0.5, 0.6) is 0 Å². The van der Waals surface area contributed by atoms with Crippen LogP contribution in [0.15, 0.2) is 0 Å². The Morgan fingerprint density at radius 3 is 2.22 bits per heavy atom. The van der Waals surface area contributed by atoms with E-state index in [2.05, 4.69) is 5.32 Å². The van der Waals surface area contributed by atoms with Crippen LogP contribution in [0.1, 0.15) is 46.0 Å². The lowest BCUT2D eigenvalue weighted by molar-refractivity contribution is -0.146. The van der Waals surface area contributed by atoms with Gasteiger partial charge in [0.1, 0.15) is 6.04 Å². The lowest BCUT2D eigenvalue weighted by Gasteiger charge is -2.55. The first-order chi connectivity index (χ1) is 8.67. The molecule has 0 amide bonds. The Morgan fingerprint density at radius 1 is 1.17 bits per heavy atom. The van der Waals surface area contributed by atoms with Crippen LogP contribution in [0.3, 0.4) is 0 Å². The summed E-state index contributed by atoms with van der Waals surface area (Å²) >= 11 is 0. The Labute approximate surface area is 110 Å². The van der Waals surface area contributed by atoms with E-state index < -0.39 is 0 Å². The molecule has 102 valence electrons. The third kappa shape index (κ3) is 2.18. The Hall–Kier alpha value is -0.570. The average molecular weight is 251 g/mol. The van der Waals surface area contributed by atoms with Gasteiger partial charge < -0.3 is 10.1 Å². The van der Waals surface area contributed by atoms with Gasteiger partial charge in [0.15, 0.2) is 0 Å². The molecule has 0 aromatic carbocycles. The van der Waals surface area contributed by atoms with Gasteiger partial charge in [-0.15, -0.1) is 0 Å². The van der Waals surface area contributed by atoms with E-state index in [4.69, 9.17) is 4.74 Å². The minimum Gasteiger partial charge on any atom is -0.465 e. The molecule has 0 aliphatic heterocycles. The zero-order valence-corrected chi connectivity index (χ0v) is 11.5. The predicted molar refractivity (Wildman–Crippen MR) is 70.1 cm³/mol. The SMILES string of the molecule is CCOC(=O)C(C)NC1C2CC3CC(C2)CC1C3. The summed E-state index contributed by atoms with van der Waals surface area (Å²) in [5.74, 6) is 3.52. The monoisotopic (exact) mass is 251 g/mol. The Morgan fingerprint density at radius 2 is 1.72 bits per heavy atom. The maximum Gasteiger partial charge on any atom is 0.322 e. The summed E-state index contributed by atoms with van der Waals surface area (Å²) in [6, 6.07) is 0.421. The quantitative estimate of drug-likeness (QED) is 0.779. The molecule has 4 aliphatic rings. The minimum absolute atomic E-state index is 0.0914. The minimum atomic E-state index is -0.146. The van der Waals surface area contributed by atoms with E-state index in [9.17, 15) is 4.79 Å². The summed E-state index contributed by atoms with van der Waals surface area (Å²) in [5, 5.41) is 3.57. The number of rotatable bonds is 4. The molecule has 4 fully saturated rings. The van der Waals surface area contributed by atoms with Crippen molar-refractivity contribution in [3.8, 4) is 0 Å². The second kappa shape index (κ2) is 4.84. The molecule has 4 aliphatic carbocycles. The molecule has 1 unspecified atom stereocenters. The zero-order valence-electron chi connectivity index (χ0n) is 11.5. The van der Waals surface area contributed by atoms with Gasteiger partial charge in [0.05, 0.1) is 6.61 Å². The molecular formula is C15H25NO2. The van der Waals surface area contributed by atoms with Gasteiger partial charge in [-0.2, -0.15) is 0 Å². The molecule has 4 rings (SSSR count). The highest BCUT2D eigenvalue weighted by Crippen LogP contribution is 2.53. The Bertz CT molecular complexity index is 300. The van der Waals surface area contributed by atoms with Gasteiger partial charge in [-0.25, -0.2) is 0 Å². The van der Waals surface area contributed by atoms with Crippen molar-refractivity contribution in [2.24, 2.45) is 23.7 Å². The Balaban J connectivity index is 1.61. The topological polar surface area (TPSA) is 38.3 Å². The maximum absolute atomic E-state index is 11.7. The van der Waals surface area contributed by atoms with Gasteiger partial charge >= 0.3 is 5.97 Å². The molecule has 1 N–H and O–H groups in total. The second-order valence-electron chi connectivity index (χ2n) is 6.60. The van der Waals surface area contributed by atoms with Crippen LogP contribution in [-0.2, 0) is 9.53 Å². The van der Waals surface area contributed by atoms with Crippen molar-refractivity contribution in [1.29, 1.82) is 0 Å².